The lowest BCUT2D eigenvalue weighted by Gasteiger charge is -2.06. The van der Waals surface area contributed by atoms with E-state index in [1.165, 1.54) is 14.1 Å². The van der Waals surface area contributed by atoms with Crippen LogP contribution in [0.2, 0.25) is 0 Å². The average molecular weight is 267 g/mol. The SMILES string of the molecule is CCC(C(=O)O)c1noc2c1c(=O)n(C)c(=O)n2C. The van der Waals surface area contributed by atoms with Gasteiger partial charge in [-0.3, -0.25) is 18.7 Å². The second kappa shape index (κ2) is 4.38. The molecule has 0 amide bonds. The standard InChI is InChI=1S/C11H13N3O5/c1-4-5(10(16)17)7-6-8(15)13(2)11(18)14(3)9(6)19-12-7/h5H,4H2,1-3H3,(H,16,17). The van der Waals surface area contributed by atoms with Gasteiger partial charge in [0.1, 0.15) is 17.0 Å². The predicted molar refractivity (Wildman–Crippen MR) is 65.2 cm³/mol. The van der Waals surface area contributed by atoms with Crippen molar-refractivity contribution in [3.05, 3.63) is 26.5 Å². The summed E-state index contributed by atoms with van der Waals surface area (Å²) >= 11 is 0. The maximum Gasteiger partial charge on any atom is 0.333 e. The predicted octanol–water partition coefficient (Wildman–Crippen LogP) is -0.197. The Labute approximate surface area is 106 Å². The van der Waals surface area contributed by atoms with Crippen LogP contribution >= 0.6 is 0 Å². The first-order valence-electron chi connectivity index (χ1n) is 5.68. The zero-order valence-electron chi connectivity index (χ0n) is 10.7. The van der Waals surface area contributed by atoms with Crippen LogP contribution in [0.3, 0.4) is 0 Å². The van der Waals surface area contributed by atoms with Gasteiger partial charge in [0.05, 0.1) is 0 Å². The Morgan fingerprint density at radius 2 is 2.00 bits per heavy atom. The van der Waals surface area contributed by atoms with Gasteiger partial charge in [-0.1, -0.05) is 12.1 Å². The molecule has 0 aromatic carbocycles. The molecule has 0 fully saturated rings. The number of aromatic nitrogens is 3. The Hall–Kier alpha value is -2.38. The number of carboxylic acid groups (broad SMARTS) is 1. The van der Waals surface area contributed by atoms with E-state index in [9.17, 15) is 14.4 Å². The second-order valence-electron chi connectivity index (χ2n) is 4.25. The van der Waals surface area contributed by atoms with Gasteiger partial charge in [0.2, 0.25) is 5.71 Å². The maximum atomic E-state index is 12.1. The summed E-state index contributed by atoms with van der Waals surface area (Å²) < 4.78 is 6.99. The Kier molecular flexibility index (Phi) is 3.01. The van der Waals surface area contributed by atoms with E-state index in [0.717, 1.165) is 9.13 Å². The Balaban J connectivity index is 2.91. The largest absolute Gasteiger partial charge is 0.481 e. The van der Waals surface area contributed by atoms with Gasteiger partial charge in [0, 0.05) is 14.1 Å². The van der Waals surface area contributed by atoms with E-state index in [4.69, 9.17) is 9.63 Å². The molecule has 0 aliphatic rings. The number of fused-ring (bicyclic) bond motifs is 1. The molecule has 2 heterocycles. The summed E-state index contributed by atoms with van der Waals surface area (Å²) in [5, 5.41) is 12.8. The van der Waals surface area contributed by atoms with Crippen molar-refractivity contribution in [2.24, 2.45) is 14.1 Å². The fourth-order valence-corrected chi connectivity index (χ4v) is 2.01. The minimum absolute atomic E-state index is 0.0113. The molecule has 1 atom stereocenters. The summed E-state index contributed by atoms with van der Waals surface area (Å²) in [7, 11) is 2.75. The number of hydrogen-bond donors (Lipinski definition) is 1. The molecule has 0 radical (unpaired) electrons. The summed E-state index contributed by atoms with van der Waals surface area (Å²) in [5.41, 5.74) is -1.11. The van der Waals surface area contributed by atoms with E-state index in [1.807, 2.05) is 0 Å². The summed E-state index contributed by atoms with van der Waals surface area (Å²) in [5.74, 6) is -2.03. The van der Waals surface area contributed by atoms with Crippen molar-refractivity contribution >= 4 is 17.1 Å². The van der Waals surface area contributed by atoms with Crippen molar-refractivity contribution < 1.29 is 14.4 Å². The van der Waals surface area contributed by atoms with Crippen LogP contribution in [0.25, 0.3) is 11.1 Å². The number of rotatable bonds is 3. The smallest absolute Gasteiger partial charge is 0.333 e. The minimum atomic E-state index is -1.09. The van der Waals surface area contributed by atoms with Gasteiger partial charge >= 0.3 is 11.7 Å². The number of nitrogens with zero attached hydrogens (tertiary/aromatic N) is 3. The van der Waals surface area contributed by atoms with Crippen molar-refractivity contribution in [3.8, 4) is 0 Å². The van der Waals surface area contributed by atoms with Crippen LogP contribution < -0.4 is 11.2 Å². The Morgan fingerprint density at radius 1 is 1.37 bits per heavy atom. The van der Waals surface area contributed by atoms with Gasteiger partial charge in [0.25, 0.3) is 5.56 Å². The summed E-state index contributed by atoms with van der Waals surface area (Å²) in [6, 6.07) is 0. The highest BCUT2D eigenvalue weighted by Crippen LogP contribution is 2.24. The topological polar surface area (TPSA) is 107 Å². The van der Waals surface area contributed by atoms with Crippen molar-refractivity contribution in [1.29, 1.82) is 0 Å². The highest BCUT2D eigenvalue weighted by molar-refractivity contribution is 5.84. The van der Waals surface area contributed by atoms with Crippen molar-refractivity contribution in [2.75, 3.05) is 0 Å². The van der Waals surface area contributed by atoms with Crippen LogP contribution in [0.4, 0.5) is 0 Å². The molecule has 2 aromatic heterocycles. The zero-order chi connectivity index (χ0) is 14.3. The van der Waals surface area contributed by atoms with Gasteiger partial charge in [-0.2, -0.15) is 0 Å². The monoisotopic (exact) mass is 267 g/mol. The van der Waals surface area contributed by atoms with Gasteiger partial charge in [-0.15, -0.1) is 0 Å². The van der Waals surface area contributed by atoms with E-state index >= 15 is 0 Å². The molecule has 0 saturated heterocycles. The molecule has 1 unspecified atom stereocenters. The molecular weight excluding hydrogens is 254 g/mol. The maximum absolute atomic E-state index is 12.1. The molecule has 0 aliphatic heterocycles. The van der Waals surface area contributed by atoms with E-state index in [-0.39, 0.29) is 23.2 Å². The normalized spacial score (nSPS) is 12.8. The molecule has 0 aliphatic carbocycles. The molecule has 8 nitrogen and oxygen atoms in total. The van der Waals surface area contributed by atoms with E-state index < -0.39 is 23.1 Å². The number of aryl methyl sites for hydroxylation is 1. The molecule has 0 saturated carbocycles. The third-order valence-electron chi connectivity index (χ3n) is 3.13. The number of hydrogen-bond acceptors (Lipinski definition) is 5. The minimum Gasteiger partial charge on any atom is -0.481 e. The van der Waals surface area contributed by atoms with Crippen molar-refractivity contribution in [3.63, 3.8) is 0 Å². The lowest BCUT2D eigenvalue weighted by Crippen LogP contribution is -2.37. The molecule has 0 bridgehead atoms. The highest BCUT2D eigenvalue weighted by atomic mass is 16.5. The summed E-state index contributed by atoms with van der Waals surface area (Å²) in [4.78, 5) is 35.0. The Morgan fingerprint density at radius 3 is 2.53 bits per heavy atom. The first kappa shape index (κ1) is 13.1. The molecule has 19 heavy (non-hydrogen) atoms. The summed E-state index contributed by atoms with van der Waals surface area (Å²) in [6.45, 7) is 1.67. The molecular formula is C11H13N3O5. The number of aliphatic carboxylic acids is 1. The van der Waals surface area contributed by atoms with Gasteiger partial charge in [-0.05, 0) is 6.42 Å². The molecule has 2 rings (SSSR count). The third kappa shape index (κ3) is 1.76. The Bertz CT molecular complexity index is 767. The highest BCUT2D eigenvalue weighted by Gasteiger charge is 2.28. The molecule has 2 aromatic rings. The zero-order valence-corrected chi connectivity index (χ0v) is 10.7. The summed E-state index contributed by atoms with van der Waals surface area (Å²) in [6.07, 6.45) is 0.267. The fourth-order valence-electron chi connectivity index (χ4n) is 2.01. The quantitative estimate of drug-likeness (QED) is 0.825. The van der Waals surface area contributed by atoms with E-state index in [0.29, 0.717) is 0 Å². The fraction of sp³-hybridized carbons (Fsp3) is 0.455. The lowest BCUT2D eigenvalue weighted by atomic mass is 10.0. The van der Waals surface area contributed by atoms with Crippen molar-refractivity contribution in [2.45, 2.75) is 19.3 Å². The van der Waals surface area contributed by atoms with Gasteiger partial charge in [-0.25, -0.2) is 4.79 Å². The average Bonchev–Trinajstić information content (AvgIpc) is 2.79. The van der Waals surface area contributed by atoms with Gasteiger partial charge in [0.15, 0.2) is 0 Å². The molecule has 0 spiro atoms. The molecule has 1 N–H and O–H groups in total. The van der Waals surface area contributed by atoms with Crippen molar-refractivity contribution in [1.82, 2.24) is 14.3 Å². The second-order valence-corrected chi connectivity index (χ2v) is 4.25. The molecule has 102 valence electrons. The number of carboxylic acids is 1. The van der Waals surface area contributed by atoms with E-state index in [1.54, 1.807) is 6.92 Å². The van der Waals surface area contributed by atoms with Crippen LogP contribution in [-0.4, -0.2) is 25.4 Å². The van der Waals surface area contributed by atoms with Crippen LogP contribution in [0.1, 0.15) is 25.0 Å². The van der Waals surface area contributed by atoms with Crippen LogP contribution in [-0.2, 0) is 18.9 Å². The van der Waals surface area contributed by atoms with Crippen LogP contribution in [0, 0.1) is 0 Å². The van der Waals surface area contributed by atoms with Crippen LogP contribution in [0.15, 0.2) is 14.1 Å². The first-order chi connectivity index (χ1) is 8.90. The van der Waals surface area contributed by atoms with E-state index in [2.05, 4.69) is 5.16 Å². The van der Waals surface area contributed by atoms with Crippen LogP contribution in [0.5, 0.6) is 0 Å². The lowest BCUT2D eigenvalue weighted by molar-refractivity contribution is -0.139. The van der Waals surface area contributed by atoms with Gasteiger partial charge < -0.3 is 9.63 Å². The first-order valence-corrected chi connectivity index (χ1v) is 5.68. The third-order valence-corrected chi connectivity index (χ3v) is 3.13. The molecule has 8 heteroatoms. The number of carbonyl (C=O) groups is 1.